The zero-order valence-corrected chi connectivity index (χ0v) is 13.2. The van der Waals surface area contributed by atoms with Crippen LogP contribution in [0.3, 0.4) is 0 Å². The van der Waals surface area contributed by atoms with Gasteiger partial charge in [-0.15, -0.1) is 0 Å². The number of hydrogen-bond donors (Lipinski definition) is 1. The molecule has 0 spiro atoms. The molecule has 0 aliphatic carbocycles. The first-order valence-corrected chi connectivity index (χ1v) is 8.92. The maximum Gasteiger partial charge on any atom is 0.242 e. The van der Waals surface area contributed by atoms with Crippen molar-refractivity contribution < 1.29 is 13.2 Å². The van der Waals surface area contributed by atoms with Crippen LogP contribution in [-0.4, -0.2) is 46.1 Å². The summed E-state index contributed by atoms with van der Waals surface area (Å²) in [6.45, 7) is 2.93. The van der Waals surface area contributed by atoms with E-state index in [1.165, 1.54) is 9.87 Å². The van der Waals surface area contributed by atoms with Crippen molar-refractivity contribution in [2.45, 2.75) is 24.2 Å². The fourth-order valence-electron chi connectivity index (χ4n) is 3.00. The first-order chi connectivity index (χ1) is 10.1. The highest BCUT2D eigenvalue weighted by Crippen LogP contribution is 2.27. The van der Waals surface area contributed by atoms with Gasteiger partial charge in [0.05, 0.1) is 4.90 Å². The first kappa shape index (κ1) is 14.8. The number of nitrogens with one attached hydrogen (secondary N) is 1. The van der Waals surface area contributed by atoms with E-state index < -0.39 is 10.0 Å². The normalized spacial score (nSPS) is 19.5. The van der Waals surface area contributed by atoms with Gasteiger partial charge in [0.2, 0.25) is 10.0 Å². The van der Waals surface area contributed by atoms with Gasteiger partial charge in [-0.25, -0.2) is 12.7 Å². The minimum absolute atomic E-state index is 0.380. The molecule has 2 heterocycles. The summed E-state index contributed by atoms with van der Waals surface area (Å²) in [5.74, 6) is 0.395. The van der Waals surface area contributed by atoms with Crippen molar-refractivity contribution in [3.05, 3.63) is 23.8 Å². The number of rotatable bonds is 4. The standard InChI is InChI=1S/C15H22N2O3S/c1-17(11-12-5-8-20-9-6-12)21(18,19)14-3-2-13-4-7-16-15(13)10-14/h2-3,10,12,16H,4-9,11H2,1H3. The zero-order chi connectivity index (χ0) is 14.9. The molecule has 1 aromatic rings. The average molecular weight is 310 g/mol. The van der Waals surface area contributed by atoms with E-state index in [-0.39, 0.29) is 0 Å². The van der Waals surface area contributed by atoms with E-state index in [2.05, 4.69) is 5.32 Å². The molecule has 3 rings (SSSR count). The van der Waals surface area contributed by atoms with Gasteiger partial charge < -0.3 is 10.1 Å². The summed E-state index contributed by atoms with van der Waals surface area (Å²) in [6, 6.07) is 5.41. The summed E-state index contributed by atoms with van der Waals surface area (Å²) >= 11 is 0. The van der Waals surface area contributed by atoms with Crippen LogP contribution in [0.1, 0.15) is 18.4 Å². The predicted molar refractivity (Wildman–Crippen MR) is 82.0 cm³/mol. The SMILES string of the molecule is CN(CC1CCOCC1)S(=O)(=O)c1ccc2c(c1)NCC2. The van der Waals surface area contributed by atoms with E-state index in [9.17, 15) is 8.42 Å². The van der Waals surface area contributed by atoms with Crippen LogP contribution in [0.25, 0.3) is 0 Å². The lowest BCUT2D eigenvalue weighted by molar-refractivity contribution is 0.0620. The summed E-state index contributed by atoms with van der Waals surface area (Å²) in [5.41, 5.74) is 2.15. The third kappa shape index (κ3) is 3.07. The Morgan fingerprint density at radius 2 is 2.10 bits per heavy atom. The molecule has 6 heteroatoms. The summed E-state index contributed by atoms with van der Waals surface area (Å²) in [4.78, 5) is 0.380. The number of fused-ring (bicyclic) bond motifs is 1. The lowest BCUT2D eigenvalue weighted by Crippen LogP contribution is -2.34. The third-order valence-electron chi connectivity index (χ3n) is 4.36. The van der Waals surface area contributed by atoms with Gasteiger partial charge in [0.25, 0.3) is 0 Å². The Labute approximate surface area is 126 Å². The molecule has 0 aromatic heterocycles. The molecule has 21 heavy (non-hydrogen) atoms. The predicted octanol–water partition coefficient (Wildman–Crippen LogP) is 1.70. The van der Waals surface area contributed by atoms with Gasteiger partial charge in [0.1, 0.15) is 0 Å². The van der Waals surface area contributed by atoms with Crippen LogP contribution in [0.4, 0.5) is 5.69 Å². The molecular formula is C15H22N2O3S. The Morgan fingerprint density at radius 3 is 2.86 bits per heavy atom. The van der Waals surface area contributed by atoms with Gasteiger partial charge in [-0.2, -0.15) is 0 Å². The number of benzene rings is 1. The maximum atomic E-state index is 12.7. The highest BCUT2D eigenvalue weighted by atomic mass is 32.2. The van der Waals surface area contributed by atoms with E-state index >= 15 is 0 Å². The number of nitrogens with zero attached hydrogens (tertiary/aromatic N) is 1. The molecule has 0 radical (unpaired) electrons. The first-order valence-electron chi connectivity index (χ1n) is 7.48. The summed E-state index contributed by atoms with van der Waals surface area (Å²) in [6.07, 6.45) is 2.84. The molecule has 2 aliphatic rings. The second kappa shape index (κ2) is 5.94. The molecule has 2 aliphatic heterocycles. The Morgan fingerprint density at radius 1 is 1.33 bits per heavy atom. The highest BCUT2D eigenvalue weighted by molar-refractivity contribution is 7.89. The smallest absolute Gasteiger partial charge is 0.242 e. The van der Waals surface area contributed by atoms with Crippen molar-refractivity contribution in [1.29, 1.82) is 0 Å². The second-order valence-electron chi connectivity index (χ2n) is 5.84. The van der Waals surface area contributed by atoms with Gasteiger partial charge in [-0.1, -0.05) is 6.07 Å². The number of anilines is 1. The molecule has 0 atom stereocenters. The van der Waals surface area contributed by atoms with Crippen molar-refractivity contribution >= 4 is 15.7 Å². The third-order valence-corrected chi connectivity index (χ3v) is 6.17. The van der Waals surface area contributed by atoms with E-state index in [4.69, 9.17) is 4.74 Å². The Kier molecular flexibility index (Phi) is 4.19. The molecule has 116 valence electrons. The molecule has 1 aromatic carbocycles. The number of hydrogen-bond acceptors (Lipinski definition) is 4. The van der Waals surface area contributed by atoms with Gasteiger partial charge in [-0.05, 0) is 42.9 Å². The monoisotopic (exact) mass is 310 g/mol. The fraction of sp³-hybridized carbons (Fsp3) is 0.600. The molecule has 0 bridgehead atoms. The van der Waals surface area contributed by atoms with Crippen LogP contribution < -0.4 is 5.32 Å². The topological polar surface area (TPSA) is 58.6 Å². The molecule has 1 fully saturated rings. The van der Waals surface area contributed by atoms with Crippen molar-refractivity contribution in [3.63, 3.8) is 0 Å². The molecule has 0 saturated carbocycles. The second-order valence-corrected chi connectivity index (χ2v) is 7.88. The maximum absolute atomic E-state index is 12.7. The van der Waals surface area contributed by atoms with Gasteiger partial charge in [0, 0.05) is 39.0 Å². The minimum atomic E-state index is -3.41. The molecule has 0 amide bonds. The van der Waals surface area contributed by atoms with Crippen LogP contribution in [0, 0.1) is 5.92 Å². The van der Waals surface area contributed by atoms with Crippen LogP contribution in [0.2, 0.25) is 0 Å². The van der Waals surface area contributed by atoms with Crippen LogP contribution in [-0.2, 0) is 21.2 Å². The summed E-state index contributed by atoms with van der Waals surface area (Å²) in [5, 5.41) is 3.23. The van der Waals surface area contributed by atoms with Crippen LogP contribution >= 0.6 is 0 Å². The van der Waals surface area contributed by atoms with E-state index in [0.29, 0.717) is 17.4 Å². The van der Waals surface area contributed by atoms with Crippen molar-refractivity contribution in [2.75, 3.05) is 38.7 Å². The molecule has 1 saturated heterocycles. The Balaban J connectivity index is 1.75. The molecule has 5 nitrogen and oxygen atoms in total. The largest absolute Gasteiger partial charge is 0.384 e. The summed E-state index contributed by atoms with van der Waals surface area (Å²) in [7, 11) is -1.74. The van der Waals surface area contributed by atoms with E-state index in [0.717, 1.165) is 44.7 Å². The molecule has 1 N–H and O–H groups in total. The zero-order valence-electron chi connectivity index (χ0n) is 12.3. The van der Waals surface area contributed by atoms with Crippen LogP contribution in [0.15, 0.2) is 23.1 Å². The fourth-order valence-corrected chi connectivity index (χ4v) is 4.27. The van der Waals surface area contributed by atoms with Crippen molar-refractivity contribution in [1.82, 2.24) is 4.31 Å². The minimum Gasteiger partial charge on any atom is -0.384 e. The van der Waals surface area contributed by atoms with Gasteiger partial charge in [0.15, 0.2) is 0 Å². The van der Waals surface area contributed by atoms with Crippen LogP contribution in [0.5, 0.6) is 0 Å². The lowest BCUT2D eigenvalue weighted by Gasteiger charge is -2.26. The number of ether oxygens (including phenoxy) is 1. The molecule has 0 unspecified atom stereocenters. The van der Waals surface area contributed by atoms with Crippen molar-refractivity contribution in [3.8, 4) is 0 Å². The lowest BCUT2D eigenvalue weighted by atomic mass is 10.0. The van der Waals surface area contributed by atoms with Gasteiger partial charge in [-0.3, -0.25) is 0 Å². The quantitative estimate of drug-likeness (QED) is 0.919. The average Bonchev–Trinajstić information content (AvgIpc) is 2.95. The Bertz CT molecular complexity index is 609. The van der Waals surface area contributed by atoms with E-state index in [1.807, 2.05) is 6.07 Å². The highest BCUT2D eigenvalue weighted by Gasteiger charge is 2.26. The Hall–Kier alpha value is -1.11. The van der Waals surface area contributed by atoms with E-state index in [1.54, 1.807) is 19.2 Å². The van der Waals surface area contributed by atoms with Gasteiger partial charge >= 0.3 is 0 Å². The number of sulfonamides is 1. The summed E-state index contributed by atoms with van der Waals surface area (Å²) < 4.78 is 32.2. The molecular weight excluding hydrogens is 288 g/mol. The van der Waals surface area contributed by atoms with Crippen molar-refractivity contribution in [2.24, 2.45) is 5.92 Å².